The minimum atomic E-state index is -0.0427. The Morgan fingerprint density at radius 1 is 1.45 bits per heavy atom. The molecular formula is C15H22N4O3. The van der Waals surface area contributed by atoms with E-state index < -0.39 is 0 Å². The first-order chi connectivity index (χ1) is 10.7. The van der Waals surface area contributed by atoms with Crippen LogP contribution in [0.3, 0.4) is 0 Å². The Labute approximate surface area is 129 Å². The van der Waals surface area contributed by atoms with Crippen LogP contribution in [0.5, 0.6) is 0 Å². The molecule has 0 radical (unpaired) electrons. The van der Waals surface area contributed by atoms with Gasteiger partial charge in [0.15, 0.2) is 0 Å². The van der Waals surface area contributed by atoms with E-state index in [0.717, 1.165) is 37.3 Å². The molecule has 1 unspecified atom stereocenters. The Balaban J connectivity index is 1.58. The summed E-state index contributed by atoms with van der Waals surface area (Å²) in [5.74, 6) is 0.542. The average Bonchev–Trinajstić information content (AvgIpc) is 2.86. The molecule has 0 bridgehead atoms. The van der Waals surface area contributed by atoms with E-state index in [1.165, 1.54) is 6.33 Å². The van der Waals surface area contributed by atoms with Gasteiger partial charge in [0.05, 0.1) is 24.2 Å². The fraction of sp³-hybridized carbons (Fsp3) is 0.667. The molecule has 3 heterocycles. The number of fused-ring (bicyclic) bond motifs is 1. The second-order valence-electron chi connectivity index (χ2n) is 6.04. The third-order valence-electron chi connectivity index (χ3n) is 4.46. The second-order valence-corrected chi connectivity index (χ2v) is 6.04. The predicted octanol–water partition coefficient (Wildman–Crippen LogP) is -0.377. The number of carbonyl (C=O) groups excluding carboxylic acids is 1. The van der Waals surface area contributed by atoms with Crippen LogP contribution in [0.1, 0.15) is 17.7 Å². The Hall–Kier alpha value is -1.73. The maximum absolute atomic E-state index is 12.0. The van der Waals surface area contributed by atoms with Crippen molar-refractivity contribution < 1.29 is 9.53 Å². The number of amides is 1. The summed E-state index contributed by atoms with van der Waals surface area (Å²) in [5.41, 5.74) is 1.64. The number of rotatable bonds is 5. The van der Waals surface area contributed by atoms with Crippen molar-refractivity contribution in [2.45, 2.75) is 19.4 Å². The van der Waals surface area contributed by atoms with E-state index in [0.29, 0.717) is 32.0 Å². The first kappa shape index (κ1) is 15.2. The minimum Gasteiger partial charge on any atom is -0.383 e. The Kier molecular flexibility index (Phi) is 4.54. The van der Waals surface area contributed by atoms with E-state index in [9.17, 15) is 9.59 Å². The van der Waals surface area contributed by atoms with E-state index in [1.807, 2.05) is 4.90 Å². The van der Waals surface area contributed by atoms with Gasteiger partial charge in [-0.05, 0) is 5.92 Å². The van der Waals surface area contributed by atoms with Gasteiger partial charge in [-0.25, -0.2) is 4.98 Å². The van der Waals surface area contributed by atoms with E-state index in [1.54, 1.807) is 7.11 Å². The fourth-order valence-corrected chi connectivity index (χ4v) is 3.32. The summed E-state index contributed by atoms with van der Waals surface area (Å²) in [4.78, 5) is 34.9. The quantitative estimate of drug-likeness (QED) is 0.802. The number of carbonyl (C=O) groups is 1. The molecule has 0 aromatic carbocycles. The normalized spacial score (nSPS) is 22.1. The van der Waals surface area contributed by atoms with Crippen LogP contribution in [0.2, 0.25) is 0 Å². The first-order valence-corrected chi connectivity index (χ1v) is 7.72. The molecule has 0 spiro atoms. The number of aromatic amines is 1. The van der Waals surface area contributed by atoms with Crippen molar-refractivity contribution in [3.05, 3.63) is 27.9 Å². The molecule has 1 aromatic heterocycles. The lowest BCUT2D eigenvalue weighted by Gasteiger charge is -2.29. The molecule has 0 saturated carbocycles. The summed E-state index contributed by atoms with van der Waals surface area (Å²) in [6, 6.07) is 0. The Morgan fingerprint density at radius 2 is 2.32 bits per heavy atom. The zero-order chi connectivity index (χ0) is 15.5. The van der Waals surface area contributed by atoms with E-state index >= 15 is 0 Å². The van der Waals surface area contributed by atoms with Crippen molar-refractivity contribution in [2.75, 3.05) is 39.9 Å². The van der Waals surface area contributed by atoms with Crippen molar-refractivity contribution in [3.8, 4) is 0 Å². The largest absolute Gasteiger partial charge is 0.383 e. The van der Waals surface area contributed by atoms with Crippen molar-refractivity contribution in [2.24, 2.45) is 5.92 Å². The van der Waals surface area contributed by atoms with Crippen LogP contribution in [0.4, 0.5) is 0 Å². The van der Waals surface area contributed by atoms with Gasteiger partial charge in [0.2, 0.25) is 5.91 Å². The molecule has 1 saturated heterocycles. The topological polar surface area (TPSA) is 78.5 Å². The van der Waals surface area contributed by atoms with Crippen molar-refractivity contribution >= 4 is 5.91 Å². The molecule has 1 N–H and O–H groups in total. The lowest BCUT2D eigenvalue weighted by atomic mass is 10.0. The molecule has 2 aliphatic rings. The highest BCUT2D eigenvalue weighted by Gasteiger charge is 2.31. The fourth-order valence-electron chi connectivity index (χ4n) is 3.32. The number of hydrogen-bond donors (Lipinski definition) is 1. The zero-order valence-electron chi connectivity index (χ0n) is 12.9. The Morgan fingerprint density at radius 3 is 3.14 bits per heavy atom. The van der Waals surface area contributed by atoms with Gasteiger partial charge in [-0.15, -0.1) is 0 Å². The highest BCUT2D eigenvalue weighted by Crippen LogP contribution is 2.21. The molecule has 3 rings (SSSR count). The maximum Gasteiger partial charge on any atom is 0.255 e. The smallest absolute Gasteiger partial charge is 0.255 e. The van der Waals surface area contributed by atoms with Gasteiger partial charge in [0.1, 0.15) is 0 Å². The predicted molar refractivity (Wildman–Crippen MR) is 80.4 cm³/mol. The molecule has 7 heteroatoms. The van der Waals surface area contributed by atoms with Crippen LogP contribution >= 0.6 is 0 Å². The molecule has 2 aliphatic heterocycles. The number of likely N-dealkylation sites (tertiary alicyclic amines) is 1. The first-order valence-electron chi connectivity index (χ1n) is 7.72. The second kappa shape index (κ2) is 6.58. The van der Waals surface area contributed by atoms with Crippen molar-refractivity contribution in [1.29, 1.82) is 0 Å². The van der Waals surface area contributed by atoms with Gasteiger partial charge in [0.25, 0.3) is 5.56 Å². The lowest BCUT2D eigenvalue weighted by Crippen LogP contribution is -2.38. The Bertz CT molecular complexity index is 601. The van der Waals surface area contributed by atoms with Crippen LogP contribution in [0.25, 0.3) is 0 Å². The monoisotopic (exact) mass is 306 g/mol. The maximum atomic E-state index is 12.0. The van der Waals surface area contributed by atoms with Crippen LogP contribution in [-0.2, 0) is 22.5 Å². The molecular weight excluding hydrogens is 284 g/mol. The standard InChI is InChI=1S/C15H22N4O3/c1-22-5-4-19-8-11(6-14(19)20)7-18-3-2-13-12(9-18)15(21)17-10-16-13/h10-11H,2-9H2,1H3,(H,16,17,21). The van der Waals surface area contributed by atoms with Crippen molar-refractivity contribution in [1.82, 2.24) is 19.8 Å². The molecule has 1 atom stereocenters. The lowest BCUT2D eigenvalue weighted by molar-refractivity contribution is -0.128. The van der Waals surface area contributed by atoms with Gasteiger partial charge >= 0.3 is 0 Å². The minimum absolute atomic E-state index is 0.0427. The highest BCUT2D eigenvalue weighted by molar-refractivity contribution is 5.78. The number of ether oxygens (including phenoxy) is 1. The molecule has 1 aromatic rings. The van der Waals surface area contributed by atoms with Gasteiger partial charge in [-0.2, -0.15) is 0 Å². The summed E-state index contributed by atoms with van der Waals surface area (Å²) in [6.07, 6.45) is 2.86. The van der Waals surface area contributed by atoms with Crippen LogP contribution in [0, 0.1) is 5.92 Å². The zero-order valence-corrected chi connectivity index (χ0v) is 12.9. The van der Waals surface area contributed by atoms with Gasteiger partial charge in [-0.3, -0.25) is 14.5 Å². The van der Waals surface area contributed by atoms with Crippen LogP contribution in [-0.4, -0.2) is 65.6 Å². The molecule has 1 fully saturated rings. The SMILES string of the molecule is COCCN1CC(CN2CCc3nc[nH]c(=O)c3C2)CC1=O. The number of nitrogens with zero attached hydrogens (tertiary/aromatic N) is 3. The molecule has 1 amide bonds. The van der Waals surface area contributed by atoms with Crippen LogP contribution < -0.4 is 5.56 Å². The summed E-state index contributed by atoms with van der Waals surface area (Å²) in [7, 11) is 1.65. The molecule has 120 valence electrons. The van der Waals surface area contributed by atoms with E-state index in [2.05, 4.69) is 14.9 Å². The summed E-state index contributed by atoms with van der Waals surface area (Å²) in [5, 5.41) is 0. The van der Waals surface area contributed by atoms with Crippen molar-refractivity contribution in [3.63, 3.8) is 0 Å². The molecule has 22 heavy (non-hydrogen) atoms. The van der Waals surface area contributed by atoms with Gasteiger partial charge in [-0.1, -0.05) is 0 Å². The number of hydrogen-bond acceptors (Lipinski definition) is 5. The number of aromatic nitrogens is 2. The summed E-state index contributed by atoms with van der Waals surface area (Å²) < 4.78 is 5.04. The number of methoxy groups -OCH3 is 1. The third-order valence-corrected chi connectivity index (χ3v) is 4.46. The van der Waals surface area contributed by atoms with Gasteiger partial charge in [0, 0.05) is 52.7 Å². The highest BCUT2D eigenvalue weighted by atomic mass is 16.5. The van der Waals surface area contributed by atoms with Crippen LogP contribution in [0.15, 0.2) is 11.1 Å². The van der Waals surface area contributed by atoms with E-state index in [4.69, 9.17) is 4.74 Å². The third kappa shape index (κ3) is 3.20. The molecule has 0 aliphatic carbocycles. The van der Waals surface area contributed by atoms with E-state index in [-0.39, 0.29) is 11.5 Å². The van der Waals surface area contributed by atoms with Gasteiger partial charge < -0.3 is 14.6 Å². The number of H-pyrrole nitrogens is 1. The number of nitrogens with one attached hydrogen (secondary N) is 1. The summed E-state index contributed by atoms with van der Waals surface area (Å²) in [6.45, 7) is 4.40. The summed E-state index contributed by atoms with van der Waals surface area (Å²) >= 11 is 0. The average molecular weight is 306 g/mol. The molecule has 7 nitrogen and oxygen atoms in total.